The van der Waals surface area contributed by atoms with Gasteiger partial charge in [0, 0.05) is 19.3 Å². The van der Waals surface area contributed by atoms with Crippen molar-refractivity contribution < 1.29 is 14.0 Å². The monoisotopic (exact) mass is 262 g/mol. The second kappa shape index (κ2) is 5.38. The first-order chi connectivity index (χ1) is 9.06. The highest BCUT2D eigenvalue weighted by Gasteiger charge is 2.12. The Bertz CT molecular complexity index is 600. The second-order valence-corrected chi connectivity index (χ2v) is 4.00. The van der Waals surface area contributed by atoms with Crippen molar-refractivity contribution in [3.8, 4) is 0 Å². The molecule has 0 saturated heterocycles. The summed E-state index contributed by atoms with van der Waals surface area (Å²) in [6.45, 7) is 1.56. The Morgan fingerprint density at radius 1 is 1.42 bits per heavy atom. The fourth-order valence-corrected chi connectivity index (χ4v) is 1.55. The van der Waals surface area contributed by atoms with E-state index in [-0.39, 0.29) is 18.4 Å². The quantitative estimate of drug-likeness (QED) is 0.848. The third kappa shape index (κ3) is 3.21. The van der Waals surface area contributed by atoms with Gasteiger partial charge in [0.15, 0.2) is 5.82 Å². The van der Waals surface area contributed by atoms with Gasteiger partial charge >= 0.3 is 0 Å². The summed E-state index contributed by atoms with van der Waals surface area (Å²) in [5, 5.41) is 9.07. The molecule has 2 rings (SSSR count). The number of nitrogens with zero attached hydrogens (tertiary/aromatic N) is 2. The van der Waals surface area contributed by atoms with Gasteiger partial charge in [-0.2, -0.15) is 5.10 Å². The van der Waals surface area contributed by atoms with Crippen LogP contribution in [0.5, 0.6) is 0 Å². The van der Waals surface area contributed by atoms with Gasteiger partial charge in [0.25, 0.3) is 5.91 Å². The number of hydrogen-bond acceptors (Lipinski definition) is 4. The van der Waals surface area contributed by atoms with E-state index < -0.39 is 0 Å². The predicted molar refractivity (Wildman–Crippen MR) is 67.6 cm³/mol. The van der Waals surface area contributed by atoms with E-state index in [0.717, 1.165) is 0 Å². The van der Waals surface area contributed by atoms with E-state index >= 15 is 0 Å². The maximum absolute atomic E-state index is 11.7. The zero-order chi connectivity index (χ0) is 13.8. The number of carbonyl (C=O) groups is 2. The number of furan rings is 1. The van der Waals surface area contributed by atoms with Crippen molar-refractivity contribution in [2.45, 2.75) is 6.92 Å². The lowest BCUT2D eigenvalue weighted by atomic mass is 10.2. The SMILES string of the molecule is Cc1occc1C(=O)NCC(=O)Nc1ccn(C)n1. The molecule has 7 nitrogen and oxygen atoms in total. The highest BCUT2D eigenvalue weighted by Crippen LogP contribution is 2.07. The smallest absolute Gasteiger partial charge is 0.255 e. The number of aromatic nitrogens is 2. The fourth-order valence-electron chi connectivity index (χ4n) is 1.55. The number of anilines is 1. The van der Waals surface area contributed by atoms with Crippen LogP contribution in [0.2, 0.25) is 0 Å². The maximum atomic E-state index is 11.7. The predicted octanol–water partition coefficient (Wildman–Crippen LogP) is 0.690. The van der Waals surface area contributed by atoms with Crippen LogP contribution in [-0.4, -0.2) is 28.1 Å². The van der Waals surface area contributed by atoms with E-state index in [0.29, 0.717) is 17.1 Å². The van der Waals surface area contributed by atoms with Crippen molar-refractivity contribution >= 4 is 17.6 Å². The zero-order valence-electron chi connectivity index (χ0n) is 10.6. The molecule has 0 unspecified atom stereocenters. The molecule has 0 aromatic carbocycles. The summed E-state index contributed by atoms with van der Waals surface area (Å²) in [4.78, 5) is 23.3. The minimum absolute atomic E-state index is 0.125. The molecule has 2 aromatic rings. The topological polar surface area (TPSA) is 89.2 Å². The summed E-state index contributed by atoms with van der Waals surface area (Å²) in [5.41, 5.74) is 0.422. The first-order valence-electron chi connectivity index (χ1n) is 5.68. The third-order valence-corrected chi connectivity index (χ3v) is 2.49. The molecule has 2 amide bonds. The van der Waals surface area contributed by atoms with Gasteiger partial charge in [-0.05, 0) is 13.0 Å². The Morgan fingerprint density at radius 3 is 2.79 bits per heavy atom. The first-order valence-corrected chi connectivity index (χ1v) is 5.68. The Labute approximate surface area is 109 Å². The number of hydrogen-bond donors (Lipinski definition) is 2. The van der Waals surface area contributed by atoms with Crippen LogP contribution in [0.1, 0.15) is 16.1 Å². The van der Waals surface area contributed by atoms with E-state index in [1.807, 2.05) is 0 Å². The summed E-state index contributed by atoms with van der Waals surface area (Å²) in [6, 6.07) is 3.22. The average Bonchev–Trinajstić information content (AvgIpc) is 2.95. The molecule has 0 fully saturated rings. The molecule has 2 heterocycles. The zero-order valence-corrected chi connectivity index (χ0v) is 10.6. The fraction of sp³-hybridized carbons (Fsp3) is 0.250. The van der Waals surface area contributed by atoms with Crippen LogP contribution in [0.3, 0.4) is 0 Å². The average molecular weight is 262 g/mol. The molecule has 2 N–H and O–H groups in total. The Hall–Kier alpha value is -2.57. The molecular formula is C12H14N4O3. The lowest BCUT2D eigenvalue weighted by Gasteiger charge is -2.04. The van der Waals surface area contributed by atoms with Crippen LogP contribution in [0, 0.1) is 6.92 Å². The summed E-state index contributed by atoms with van der Waals surface area (Å²) in [5.74, 6) is 0.277. The molecule has 100 valence electrons. The van der Waals surface area contributed by atoms with Crippen molar-refractivity contribution in [2.24, 2.45) is 7.05 Å². The van der Waals surface area contributed by atoms with Crippen molar-refractivity contribution in [1.82, 2.24) is 15.1 Å². The Balaban J connectivity index is 1.84. The molecule has 0 radical (unpaired) electrons. The normalized spacial score (nSPS) is 10.2. The van der Waals surface area contributed by atoms with Gasteiger partial charge < -0.3 is 15.1 Å². The number of nitrogens with one attached hydrogen (secondary N) is 2. The summed E-state index contributed by atoms with van der Waals surface area (Å²) in [6.07, 6.45) is 3.14. The summed E-state index contributed by atoms with van der Waals surface area (Å²) in [7, 11) is 1.75. The van der Waals surface area contributed by atoms with Crippen LogP contribution in [0.25, 0.3) is 0 Å². The van der Waals surface area contributed by atoms with Crippen molar-refractivity contribution in [2.75, 3.05) is 11.9 Å². The lowest BCUT2D eigenvalue weighted by molar-refractivity contribution is -0.115. The largest absolute Gasteiger partial charge is 0.469 e. The molecule has 7 heteroatoms. The highest BCUT2D eigenvalue weighted by atomic mass is 16.3. The molecule has 0 aliphatic rings. The highest BCUT2D eigenvalue weighted by molar-refractivity contribution is 5.99. The maximum Gasteiger partial charge on any atom is 0.255 e. The van der Waals surface area contributed by atoms with E-state index in [1.165, 1.54) is 6.26 Å². The standard InChI is InChI=1S/C12H14N4O3/c1-8-9(4-6-19-8)12(18)13-7-11(17)14-10-3-5-16(2)15-10/h3-6H,7H2,1-2H3,(H,13,18)(H,14,15,17). The van der Waals surface area contributed by atoms with Crippen LogP contribution < -0.4 is 10.6 Å². The number of amides is 2. The van der Waals surface area contributed by atoms with Crippen molar-refractivity contribution in [3.63, 3.8) is 0 Å². The van der Waals surface area contributed by atoms with Gasteiger partial charge in [-0.3, -0.25) is 14.3 Å². The Morgan fingerprint density at radius 2 is 2.21 bits per heavy atom. The Kier molecular flexibility index (Phi) is 3.65. The molecule has 0 bridgehead atoms. The van der Waals surface area contributed by atoms with Gasteiger partial charge in [-0.15, -0.1) is 0 Å². The van der Waals surface area contributed by atoms with Gasteiger partial charge in [0.1, 0.15) is 5.76 Å². The molecule has 0 atom stereocenters. The van der Waals surface area contributed by atoms with Gasteiger partial charge in [0.2, 0.25) is 5.91 Å². The summed E-state index contributed by atoms with van der Waals surface area (Å²) >= 11 is 0. The van der Waals surface area contributed by atoms with Gasteiger partial charge in [0.05, 0.1) is 18.4 Å². The number of carbonyl (C=O) groups excluding carboxylic acids is 2. The molecule has 2 aromatic heterocycles. The minimum Gasteiger partial charge on any atom is -0.469 e. The first kappa shape index (κ1) is 12.9. The number of rotatable bonds is 4. The number of aryl methyl sites for hydroxylation is 2. The van der Waals surface area contributed by atoms with Crippen LogP contribution in [0.4, 0.5) is 5.82 Å². The van der Waals surface area contributed by atoms with Crippen LogP contribution in [-0.2, 0) is 11.8 Å². The molecule has 0 aliphatic heterocycles. The molecule has 0 saturated carbocycles. The van der Waals surface area contributed by atoms with Gasteiger partial charge in [-0.1, -0.05) is 0 Å². The van der Waals surface area contributed by atoms with E-state index in [9.17, 15) is 9.59 Å². The second-order valence-electron chi connectivity index (χ2n) is 4.00. The molecular weight excluding hydrogens is 248 g/mol. The van der Waals surface area contributed by atoms with Gasteiger partial charge in [-0.25, -0.2) is 0 Å². The molecule has 19 heavy (non-hydrogen) atoms. The van der Waals surface area contributed by atoms with E-state index in [2.05, 4.69) is 15.7 Å². The van der Waals surface area contributed by atoms with Crippen molar-refractivity contribution in [3.05, 3.63) is 35.9 Å². The van der Waals surface area contributed by atoms with E-state index in [1.54, 1.807) is 37.0 Å². The van der Waals surface area contributed by atoms with Crippen molar-refractivity contribution in [1.29, 1.82) is 0 Å². The van der Waals surface area contributed by atoms with Crippen LogP contribution in [0.15, 0.2) is 29.0 Å². The lowest BCUT2D eigenvalue weighted by Crippen LogP contribution is -2.33. The third-order valence-electron chi connectivity index (χ3n) is 2.49. The molecule has 0 aliphatic carbocycles. The minimum atomic E-state index is -0.345. The van der Waals surface area contributed by atoms with E-state index in [4.69, 9.17) is 4.42 Å². The molecule has 0 spiro atoms. The van der Waals surface area contributed by atoms with Crippen LogP contribution >= 0.6 is 0 Å². The summed E-state index contributed by atoms with van der Waals surface area (Å²) < 4.78 is 6.59.